The van der Waals surface area contributed by atoms with Crippen LogP contribution >= 0.6 is 0 Å². The topological polar surface area (TPSA) is 33.0 Å². The average Bonchev–Trinajstić information content (AvgIpc) is 2.27. The van der Waals surface area contributed by atoms with Crippen LogP contribution in [0.25, 0.3) is 0 Å². The summed E-state index contributed by atoms with van der Waals surface area (Å²) in [6.45, 7) is 10.8. The van der Waals surface area contributed by atoms with Gasteiger partial charge in [-0.15, -0.1) is 0 Å². The molecule has 1 atom stereocenters. The van der Waals surface area contributed by atoms with Crippen molar-refractivity contribution >= 4 is 8.32 Å². The molecule has 2 nitrogen and oxygen atoms in total. The van der Waals surface area contributed by atoms with Gasteiger partial charge in [-0.05, 0) is 35.8 Å². The van der Waals surface area contributed by atoms with Gasteiger partial charge in [0.2, 0.25) is 0 Å². The number of nitriles is 1. The highest BCUT2D eigenvalue weighted by Crippen LogP contribution is 2.40. The summed E-state index contributed by atoms with van der Waals surface area (Å²) in [5.74, 6) is -0.271. The predicted molar refractivity (Wildman–Crippen MR) is 77.7 cm³/mol. The van der Waals surface area contributed by atoms with Gasteiger partial charge >= 0.3 is 0 Å². The normalized spacial score (nSPS) is 13.9. The zero-order chi connectivity index (χ0) is 14.7. The zero-order valence-corrected chi connectivity index (χ0v) is 13.3. The van der Waals surface area contributed by atoms with Crippen LogP contribution in [0.15, 0.2) is 24.3 Å². The fourth-order valence-corrected chi connectivity index (χ4v) is 2.80. The second-order valence-electron chi connectivity index (χ2n) is 6.28. The molecule has 1 aromatic rings. The van der Waals surface area contributed by atoms with Crippen LogP contribution in [0.1, 0.15) is 38.9 Å². The molecular weight excluding hydrogens is 257 g/mol. The Morgan fingerprint density at radius 2 is 1.79 bits per heavy atom. The van der Waals surface area contributed by atoms with Gasteiger partial charge in [0.15, 0.2) is 8.32 Å². The van der Waals surface area contributed by atoms with Crippen LogP contribution in [0.2, 0.25) is 18.1 Å². The molecule has 19 heavy (non-hydrogen) atoms. The molecule has 0 aliphatic rings. The molecule has 0 N–H and O–H groups in total. The SMILES string of the molecule is CC(C)(C)[Si](C)(C)OC(CC#N)c1ccc(F)cc1. The third-order valence-electron chi connectivity index (χ3n) is 3.76. The third kappa shape index (κ3) is 4.15. The van der Waals surface area contributed by atoms with Gasteiger partial charge in [0, 0.05) is 0 Å². The maximum absolute atomic E-state index is 13.0. The van der Waals surface area contributed by atoms with Crippen LogP contribution in [0.3, 0.4) is 0 Å². The summed E-state index contributed by atoms with van der Waals surface area (Å²) in [5.41, 5.74) is 0.868. The highest BCUT2D eigenvalue weighted by atomic mass is 28.4. The lowest BCUT2D eigenvalue weighted by molar-refractivity contribution is 0.188. The standard InChI is InChI=1S/C15H22FNOSi/c1-15(2,3)19(4,5)18-14(10-11-17)12-6-8-13(16)9-7-12/h6-9,14H,10H2,1-5H3. The van der Waals surface area contributed by atoms with Crippen LogP contribution in [0.4, 0.5) is 4.39 Å². The van der Waals surface area contributed by atoms with Gasteiger partial charge < -0.3 is 4.43 Å². The van der Waals surface area contributed by atoms with E-state index < -0.39 is 8.32 Å². The van der Waals surface area contributed by atoms with E-state index in [2.05, 4.69) is 39.9 Å². The van der Waals surface area contributed by atoms with Gasteiger partial charge in [-0.25, -0.2) is 4.39 Å². The fourth-order valence-electron chi connectivity index (χ4n) is 1.52. The van der Waals surface area contributed by atoms with Crippen molar-refractivity contribution in [3.05, 3.63) is 35.6 Å². The minimum Gasteiger partial charge on any atom is -0.409 e. The van der Waals surface area contributed by atoms with Crippen LogP contribution < -0.4 is 0 Å². The van der Waals surface area contributed by atoms with Gasteiger partial charge in [0.25, 0.3) is 0 Å². The molecule has 0 aliphatic carbocycles. The first kappa shape index (κ1) is 15.9. The summed E-state index contributed by atoms with van der Waals surface area (Å²) in [4.78, 5) is 0. The minimum absolute atomic E-state index is 0.0841. The molecule has 0 heterocycles. The molecule has 0 saturated carbocycles. The minimum atomic E-state index is -1.95. The van der Waals surface area contributed by atoms with Gasteiger partial charge in [0.05, 0.1) is 18.6 Å². The van der Waals surface area contributed by atoms with E-state index in [0.717, 1.165) is 5.56 Å². The van der Waals surface area contributed by atoms with E-state index in [1.165, 1.54) is 12.1 Å². The summed E-state index contributed by atoms with van der Waals surface area (Å²) < 4.78 is 19.2. The molecule has 0 aliphatic heterocycles. The first-order valence-electron chi connectivity index (χ1n) is 6.47. The Bertz CT molecular complexity index is 457. The summed E-state index contributed by atoms with van der Waals surface area (Å²) in [5, 5.41) is 9.05. The number of hydrogen-bond acceptors (Lipinski definition) is 2. The Kier molecular flexibility index (Phi) is 4.89. The van der Waals surface area contributed by atoms with E-state index in [4.69, 9.17) is 9.69 Å². The molecule has 0 amide bonds. The lowest BCUT2D eigenvalue weighted by atomic mass is 10.1. The highest BCUT2D eigenvalue weighted by Gasteiger charge is 2.39. The molecular formula is C15H22FNOSi. The lowest BCUT2D eigenvalue weighted by Gasteiger charge is -2.39. The zero-order valence-electron chi connectivity index (χ0n) is 12.3. The molecule has 1 unspecified atom stereocenters. The lowest BCUT2D eigenvalue weighted by Crippen LogP contribution is -2.41. The van der Waals surface area contributed by atoms with Crippen molar-refractivity contribution in [1.82, 2.24) is 0 Å². The number of nitrogens with zero attached hydrogens (tertiary/aromatic N) is 1. The monoisotopic (exact) mass is 279 g/mol. The van der Waals surface area contributed by atoms with Crippen LogP contribution in [0, 0.1) is 17.1 Å². The maximum atomic E-state index is 13.0. The number of halogens is 1. The summed E-state index contributed by atoms with van der Waals surface area (Å²) in [7, 11) is -1.95. The quantitative estimate of drug-likeness (QED) is 0.741. The van der Waals surface area contributed by atoms with Crippen molar-refractivity contribution in [2.45, 2.75) is 51.4 Å². The van der Waals surface area contributed by atoms with E-state index in [0.29, 0.717) is 0 Å². The number of hydrogen-bond donors (Lipinski definition) is 0. The Morgan fingerprint density at radius 3 is 2.21 bits per heavy atom. The Hall–Kier alpha value is -1.18. The summed E-state index contributed by atoms with van der Waals surface area (Å²) in [6, 6.07) is 8.38. The molecule has 0 radical (unpaired) electrons. The molecule has 104 valence electrons. The van der Waals surface area contributed by atoms with E-state index >= 15 is 0 Å². The van der Waals surface area contributed by atoms with Gasteiger partial charge in [-0.2, -0.15) is 5.26 Å². The predicted octanol–water partition coefficient (Wildman–Crippen LogP) is 4.80. The van der Waals surface area contributed by atoms with Crippen molar-refractivity contribution in [3.8, 4) is 6.07 Å². The maximum Gasteiger partial charge on any atom is 0.192 e. The van der Waals surface area contributed by atoms with Gasteiger partial charge in [0.1, 0.15) is 5.82 Å². The van der Waals surface area contributed by atoms with Crippen LogP contribution in [-0.2, 0) is 4.43 Å². The largest absolute Gasteiger partial charge is 0.409 e. The van der Waals surface area contributed by atoms with Crippen LogP contribution in [0.5, 0.6) is 0 Å². The van der Waals surface area contributed by atoms with E-state index in [1.54, 1.807) is 12.1 Å². The van der Waals surface area contributed by atoms with Crippen LogP contribution in [-0.4, -0.2) is 8.32 Å². The molecule has 0 aromatic heterocycles. The van der Waals surface area contributed by atoms with E-state index in [1.807, 2.05) is 0 Å². The first-order valence-corrected chi connectivity index (χ1v) is 9.38. The van der Waals surface area contributed by atoms with E-state index in [-0.39, 0.29) is 23.4 Å². The Labute approximate surface area is 116 Å². The molecule has 4 heteroatoms. The second kappa shape index (κ2) is 5.85. The molecule has 1 aromatic carbocycles. The highest BCUT2D eigenvalue weighted by molar-refractivity contribution is 6.74. The first-order chi connectivity index (χ1) is 8.67. The van der Waals surface area contributed by atoms with Gasteiger partial charge in [-0.1, -0.05) is 32.9 Å². The third-order valence-corrected chi connectivity index (χ3v) is 8.25. The smallest absolute Gasteiger partial charge is 0.192 e. The van der Waals surface area contributed by atoms with Crippen molar-refractivity contribution in [1.29, 1.82) is 5.26 Å². The van der Waals surface area contributed by atoms with Crippen molar-refractivity contribution in [3.63, 3.8) is 0 Å². The fraction of sp³-hybridized carbons (Fsp3) is 0.533. The van der Waals surface area contributed by atoms with E-state index in [9.17, 15) is 4.39 Å². The van der Waals surface area contributed by atoms with Crippen molar-refractivity contribution in [2.75, 3.05) is 0 Å². The molecule has 0 bridgehead atoms. The molecule has 1 rings (SSSR count). The summed E-state index contributed by atoms with van der Waals surface area (Å²) in [6.07, 6.45) is 0.0181. The molecule has 0 spiro atoms. The Morgan fingerprint density at radius 1 is 1.26 bits per heavy atom. The van der Waals surface area contributed by atoms with Crippen molar-refractivity contribution < 1.29 is 8.82 Å². The number of rotatable bonds is 4. The molecule has 0 fully saturated rings. The van der Waals surface area contributed by atoms with Crippen molar-refractivity contribution in [2.24, 2.45) is 0 Å². The second-order valence-corrected chi connectivity index (χ2v) is 11.0. The average molecular weight is 279 g/mol. The van der Waals surface area contributed by atoms with Gasteiger partial charge in [-0.3, -0.25) is 0 Å². The molecule has 0 saturated heterocycles. The summed E-state index contributed by atoms with van der Waals surface area (Å²) >= 11 is 0. The Balaban J connectivity index is 2.97. The number of benzene rings is 1.